The van der Waals surface area contributed by atoms with E-state index in [1.807, 2.05) is 14.0 Å². The van der Waals surface area contributed by atoms with Crippen LogP contribution in [0.15, 0.2) is 5.03 Å². The van der Waals surface area contributed by atoms with Gasteiger partial charge in [0.25, 0.3) is 0 Å². The topological polar surface area (TPSA) is 61.8 Å². The molecule has 0 saturated carbocycles. The molecule has 5 heteroatoms. The van der Waals surface area contributed by atoms with E-state index in [1.165, 1.54) is 0 Å². The van der Waals surface area contributed by atoms with E-state index in [9.17, 15) is 0 Å². The van der Waals surface area contributed by atoms with Gasteiger partial charge < -0.3 is 5.11 Å². The lowest BCUT2D eigenvalue weighted by Gasteiger charge is -2.00. The number of aryl methyl sites for hydroxylation is 2. The maximum absolute atomic E-state index is 8.90. The number of thioether (sulfide) groups is 1. The summed E-state index contributed by atoms with van der Waals surface area (Å²) in [4.78, 5) is 0. The Labute approximate surface area is 87.5 Å². The van der Waals surface area contributed by atoms with Gasteiger partial charge in [0.05, 0.1) is 5.69 Å². The van der Waals surface area contributed by atoms with Crippen LogP contribution >= 0.6 is 11.8 Å². The first kappa shape index (κ1) is 11.1. The second-order valence-corrected chi connectivity index (χ2v) is 4.01. The lowest BCUT2D eigenvalue weighted by atomic mass is 10.3. The number of rotatable bonds is 4. The summed E-state index contributed by atoms with van der Waals surface area (Å²) in [6.07, 6.45) is 0.736. The van der Waals surface area contributed by atoms with Crippen LogP contribution in [-0.4, -0.2) is 27.2 Å². The number of hydrogen-bond acceptors (Lipinski definition) is 4. The van der Waals surface area contributed by atoms with Crippen molar-refractivity contribution < 1.29 is 5.11 Å². The summed E-state index contributed by atoms with van der Waals surface area (Å²) in [5.74, 6) is 0.810. The maximum atomic E-state index is 8.90. The van der Waals surface area contributed by atoms with Gasteiger partial charge >= 0.3 is 0 Å². The summed E-state index contributed by atoms with van der Waals surface area (Å²) >= 11 is 1.56. The zero-order valence-electron chi connectivity index (χ0n) is 8.32. The molecule has 0 radical (unpaired) electrons. The lowest BCUT2D eigenvalue weighted by molar-refractivity contribution is 0.296. The van der Waals surface area contributed by atoms with Gasteiger partial charge in [0.15, 0.2) is 0 Å². The minimum absolute atomic E-state index is 0.186. The number of hydrogen-bond donors (Lipinski definition) is 1. The smallest absolute Gasteiger partial charge is 0.112 e. The molecule has 1 N–H and O–H groups in total. The zero-order valence-corrected chi connectivity index (χ0v) is 9.13. The number of aromatic nitrogens is 2. The van der Waals surface area contributed by atoms with Crippen molar-refractivity contribution in [2.24, 2.45) is 7.05 Å². The molecular weight excluding hydrogens is 198 g/mol. The van der Waals surface area contributed by atoms with E-state index in [1.54, 1.807) is 16.4 Å². The van der Waals surface area contributed by atoms with Crippen LogP contribution in [0.2, 0.25) is 0 Å². The van der Waals surface area contributed by atoms with E-state index in [0.29, 0.717) is 5.56 Å². The molecule has 0 aromatic carbocycles. The van der Waals surface area contributed by atoms with Crippen LogP contribution in [0, 0.1) is 18.3 Å². The molecule has 1 rings (SSSR count). The van der Waals surface area contributed by atoms with Gasteiger partial charge in [0, 0.05) is 19.4 Å². The molecule has 0 spiro atoms. The molecule has 0 fully saturated rings. The Balaban J connectivity index is 2.80. The average Bonchev–Trinajstić information content (AvgIpc) is 2.42. The first-order chi connectivity index (χ1) is 6.70. The van der Waals surface area contributed by atoms with Crippen molar-refractivity contribution in [2.45, 2.75) is 18.4 Å². The Kier molecular flexibility index (Phi) is 3.98. The third-order valence-electron chi connectivity index (χ3n) is 1.82. The highest BCUT2D eigenvalue weighted by Gasteiger charge is 2.12. The van der Waals surface area contributed by atoms with Crippen molar-refractivity contribution in [1.82, 2.24) is 9.78 Å². The first-order valence-electron chi connectivity index (χ1n) is 4.38. The zero-order chi connectivity index (χ0) is 10.6. The molecule has 0 amide bonds. The van der Waals surface area contributed by atoms with E-state index in [4.69, 9.17) is 10.4 Å². The number of aliphatic hydroxyl groups excluding tert-OH is 1. The molecule has 1 heterocycles. The summed E-state index contributed by atoms with van der Waals surface area (Å²) in [5.41, 5.74) is 1.41. The van der Waals surface area contributed by atoms with Gasteiger partial charge in [-0.15, -0.1) is 11.8 Å². The second-order valence-electron chi connectivity index (χ2n) is 2.93. The van der Waals surface area contributed by atoms with Crippen LogP contribution in [-0.2, 0) is 7.05 Å². The molecule has 0 aliphatic carbocycles. The van der Waals surface area contributed by atoms with E-state index < -0.39 is 0 Å². The monoisotopic (exact) mass is 211 g/mol. The fourth-order valence-corrected chi connectivity index (χ4v) is 2.20. The second kappa shape index (κ2) is 5.03. The molecule has 0 aliphatic heterocycles. The van der Waals surface area contributed by atoms with Gasteiger partial charge in [-0.05, 0) is 13.3 Å². The molecule has 0 bridgehead atoms. The molecule has 0 atom stereocenters. The van der Waals surface area contributed by atoms with Crippen LogP contribution in [0.4, 0.5) is 0 Å². The van der Waals surface area contributed by atoms with Crippen molar-refractivity contribution >= 4 is 11.8 Å². The SMILES string of the molecule is Cc1nn(C)c(SCCCO)c1C#N. The predicted molar refractivity (Wildman–Crippen MR) is 55.1 cm³/mol. The maximum Gasteiger partial charge on any atom is 0.112 e. The average molecular weight is 211 g/mol. The molecule has 4 nitrogen and oxygen atoms in total. The Morgan fingerprint density at radius 3 is 2.93 bits per heavy atom. The minimum atomic E-state index is 0.186. The molecule has 0 saturated heterocycles. The van der Waals surface area contributed by atoms with Crippen LogP contribution in [0.3, 0.4) is 0 Å². The normalized spacial score (nSPS) is 10.1. The van der Waals surface area contributed by atoms with Crippen molar-refractivity contribution in [1.29, 1.82) is 5.26 Å². The van der Waals surface area contributed by atoms with Gasteiger partial charge in [-0.1, -0.05) is 0 Å². The minimum Gasteiger partial charge on any atom is -0.396 e. The Bertz CT molecular complexity index is 354. The number of nitrogens with zero attached hydrogens (tertiary/aromatic N) is 3. The number of nitriles is 1. The van der Waals surface area contributed by atoms with Crippen molar-refractivity contribution in [2.75, 3.05) is 12.4 Å². The standard InChI is InChI=1S/C9H13N3OS/c1-7-8(6-10)9(12(2)11-7)14-5-3-4-13/h13H,3-5H2,1-2H3. The largest absolute Gasteiger partial charge is 0.396 e. The van der Waals surface area contributed by atoms with Crippen LogP contribution in [0.25, 0.3) is 0 Å². The molecule has 1 aromatic rings. The first-order valence-corrected chi connectivity index (χ1v) is 5.36. The summed E-state index contributed by atoms with van der Waals surface area (Å²) in [5, 5.41) is 22.6. The van der Waals surface area contributed by atoms with Gasteiger partial charge in [-0.2, -0.15) is 10.4 Å². The highest BCUT2D eigenvalue weighted by Crippen LogP contribution is 2.24. The third-order valence-corrected chi connectivity index (χ3v) is 3.06. The summed E-state index contributed by atoms with van der Waals surface area (Å²) < 4.78 is 1.72. The molecule has 14 heavy (non-hydrogen) atoms. The van der Waals surface area contributed by atoms with Gasteiger partial charge in [-0.25, -0.2) is 0 Å². The summed E-state index contributed by atoms with van der Waals surface area (Å²) in [6, 6.07) is 2.14. The Hall–Kier alpha value is -0.990. The van der Waals surface area contributed by atoms with Crippen molar-refractivity contribution in [3.63, 3.8) is 0 Å². The Morgan fingerprint density at radius 1 is 1.64 bits per heavy atom. The Morgan fingerprint density at radius 2 is 2.36 bits per heavy atom. The van der Waals surface area contributed by atoms with Crippen molar-refractivity contribution in [3.8, 4) is 6.07 Å². The van der Waals surface area contributed by atoms with E-state index in [0.717, 1.165) is 22.9 Å². The van der Waals surface area contributed by atoms with E-state index >= 15 is 0 Å². The lowest BCUT2D eigenvalue weighted by Crippen LogP contribution is -1.94. The molecular formula is C9H13N3OS. The fraction of sp³-hybridized carbons (Fsp3) is 0.556. The van der Waals surface area contributed by atoms with Gasteiger partial charge in [0.2, 0.25) is 0 Å². The van der Waals surface area contributed by atoms with Crippen LogP contribution in [0.5, 0.6) is 0 Å². The van der Waals surface area contributed by atoms with Crippen molar-refractivity contribution in [3.05, 3.63) is 11.3 Å². The highest BCUT2D eigenvalue weighted by molar-refractivity contribution is 7.99. The van der Waals surface area contributed by atoms with Gasteiger partial charge in [-0.3, -0.25) is 4.68 Å². The number of aliphatic hydroxyl groups is 1. The molecule has 0 aliphatic rings. The quantitative estimate of drug-likeness (QED) is 0.598. The highest BCUT2D eigenvalue weighted by atomic mass is 32.2. The molecule has 1 aromatic heterocycles. The van der Waals surface area contributed by atoms with Crippen LogP contribution in [0.1, 0.15) is 17.7 Å². The van der Waals surface area contributed by atoms with E-state index in [-0.39, 0.29) is 6.61 Å². The molecule has 76 valence electrons. The van der Waals surface area contributed by atoms with Crippen LogP contribution < -0.4 is 0 Å². The fourth-order valence-electron chi connectivity index (χ4n) is 1.16. The van der Waals surface area contributed by atoms with E-state index in [2.05, 4.69) is 11.2 Å². The van der Waals surface area contributed by atoms with Gasteiger partial charge in [0.1, 0.15) is 16.7 Å². The molecule has 0 unspecified atom stereocenters. The third kappa shape index (κ3) is 2.28. The summed E-state index contributed by atoms with van der Waals surface area (Å²) in [6.45, 7) is 2.01. The summed E-state index contributed by atoms with van der Waals surface area (Å²) in [7, 11) is 1.83. The predicted octanol–water partition coefficient (Wildman–Crippen LogP) is 1.07.